The molecule has 0 spiro atoms. The molecule has 4 aromatic rings. The van der Waals surface area contributed by atoms with Crippen LogP contribution in [-0.4, -0.2) is 15.7 Å². The zero-order valence-corrected chi connectivity index (χ0v) is 14.7. The van der Waals surface area contributed by atoms with E-state index < -0.39 is 5.63 Å². The van der Waals surface area contributed by atoms with Gasteiger partial charge >= 0.3 is 5.63 Å². The number of hydrogen-bond donors (Lipinski definition) is 1. The smallest absolute Gasteiger partial charge is 0.345 e. The minimum Gasteiger partial charge on any atom is -0.422 e. The van der Waals surface area contributed by atoms with Crippen LogP contribution in [-0.2, 0) is 0 Å². The van der Waals surface area contributed by atoms with E-state index in [2.05, 4.69) is 20.5 Å². The molecule has 7 heteroatoms. The highest BCUT2D eigenvalue weighted by molar-refractivity contribution is 7.14. The number of benzene rings is 1. The van der Waals surface area contributed by atoms with Crippen molar-refractivity contribution in [1.29, 1.82) is 0 Å². The number of thiazole rings is 1. The first-order valence-electron chi connectivity index (χ1n) is 7.91. The molecule has 4 rings (SSSR count). The van der Waals surface area contributed by atoms with Gasteiger partial charge in [0.05, 0.1) is 22.7 Å². The molecular weight excluding hydrogens is 348 g/mol. The number of aromatic nitrogens is 2. The van der Waals surface area contributed by atoms with E-state index in [1.807, 2.05) is 43.3 Å². The Kier molecular flexibility index (Phi) is 4.28. The third-order valence-corrected chi connectivity index (χ3v) is 4.52. The number of para-hydroxylation sites is 1. The highest BCUT2D eigenvalue weighted by Gasteiger charge is 2.11. The summed E-state index contributed by atoms with van der Waals surface area (Å²) in [6, 6.07) is 14.8. The van der Waals surface area contributed by atoms with Crippen LogP contribution in [0.1, 0.15) is 12.6 Å². The lowest BCUT2D eigenvalue weighted by Crippen LogP contribution is -2.03. The Bertz CT molecular complexity index is 1150. The maximum Gasteiger partial charge on any atom is 0.345 e. The van der Waals surface area contributed by atoms with Gasteiger partial charge in [0.2, 0.25) is 5.13 Å². The summed E-state index contributed by atoms with van der Waals surface area (Å²) in [6.07, 6.45) is 1.72. The van der Waals surface area contributed by atoms with Crippen LogP contribution < -0.4 is 11.1 Å². The van der Waals surface area contributed by atoms with E-state index in [1.165, 1.54) is 11.3 Å². The number of pyridine rings is 1. The first-order valence-corrected chi connectivity index (χ1v) is 8.79. The molecule has 0 saturated carbocycles. The summed E-state index contributed by atoms with van der Waals surface area (Å²) >= 11 is 1.37. The normalized spacial score (nSPS) is 11.7. The van der Waals surface area contributed by atoms with Crippen LogP contribution >= 0.6 is 11.3 Å². The van der Waals surface area contributed by atoms with Crippen LogP contribution in [0.5, 0.6) is 0 Å². The molecule has 0 fully saturated rings. The van der Waals surface area contributed by atoms with E-state index >= 15 is 0 Å². The van der Waals surface area contributed by atoms with Gasteiger partial charge in [-0.25, -0.2) is 9.78 Å². The first-order chi connectivity index (χ1) is 12.7. The van der Waals surface area contributed by atoms with E-state index in [9.17, 15) is 4.79 Å². The molecule has 26 heavy (non-hydrogen) atoms. The van der Waals surface area contributed by atoms with Crippen molar-refractivity contribution < 1.29 is 4.42 Å². The third-order valence-electron chi connectivity index (χ3n) is 3.78. The SMILES string of the molecule is C/C(=N\Nc1nc(-c2cc3ccccc3oc2=O)cs1)c1ccccn1. The van der Waals surface area contributed by atoms with Gasteiger partial charge in [0.15, 0.2) is 0 Å². The molecule has 0 bridgehead atoms. The number of nitrogens with one attached hydrogen (secondary N) is 1. The van der Waals surface area contributed by atoms with Crippen LogP contribution in [0, 0.1) is 0 Å². The number of fused-ring (bicyclic) bond motifs is 1. The number of nitrogens with zero attached hydrogens (tertiary/aromatic N) is 3. The molecule has 0 unspecified atom stereocenters. The molecule has 3 heterocycles. The molecule has 3 aromatic heterocycles. The summed E-state index contributed by atoms with van der Waals surface area (Å²) in [5, 5.41) is 7.54. The lowest BCUT2D eigenvalue weighted by Gasteiger charge is -2.00. The predicted molar refractivity (Wildman–Crippen MR) is 104 cm³/mol. The molecule has 0 aliphatic carbocycles. The van der Waals surface area contributed by atoms with Gasteiger partial charge in [0.25, 0.3) is 0 Å². The van der Waals surface area contributed by atoms with Crippen LogP contribution in [0.4, 0.5) is 5.13 Å². The minimum absolute atomic E-state index is 0.409. The van der Waals surface area contributed by atoms with Crippen molar-refractivity contribution in [2.75, 3.05) is 5.43 Å². The molecule has 0 aliphatic rings. The number of anilines is 1. The van der Waals surface area contributed by atoms with Gasteiger partial charge in [-0.05, 0) is 31.2 Å². The molecule has 6 nitrogen and oxygen atoms in total. The van der Waals surface area contributed by atoms with Crippen LogP contribution in [0.25, 0.3) is 22.2 Å². The summed E-state index contributed by atoms with van der Waals surface area (Å²) in [4.78, 5) is 20.9. The van der Waals surface area contributed by atoms with E-state index in [-0.39, 0.29) is 0 Å². The molecule has 0 saturated heterocycles. The third kappa shape index (κ3) is 3.25. The second-order valence-corrected chi connectivity index (χ2v) is 6.41. The highest BCUT2D eigenvalue weighted by Crippen LogP contribution is 2.25. The van der Waals surface area contributed by atoms with Gasteiger partial charge in [0, 0.05) is 17.0 Å². The van der Waals surface area contributed by atoms with Crippen LogP contribution in [0.2, 0.25) is 0 Å². The second-order valence-electron chi connectivity index (χ2n) is 5.55. The largest absolute Gasteiger partial charge is 0.422 e. The van der Waals surface area contributed by atoms with Crippen molar-refractivity contribution in [2.24, 2.45) is 5.10 Å². The summed E-state index contributed by atoms with van der Waals surface area (Å²) in [6.45, 7) is 1.86. The standard InChI is InChI=1S/C19H14N4O2S/c1-12(15-7-4-5-9-20-15)22-23-19-21-16(11-26-19)14-10-13-6-2-3-8-17(13)25-18(14)24/h2-11H,1H3,(H,21,23)/b22-12+. The average Bonchev–Trinajstić information content (AvgIpc) is 3.15. The molecule has 0 radical (unpaired) electrons. The maximum atomic E-state index is 12.2. The number of rotatable bonds is 4. The molecule has 128 valence electrons. The van der Waals surface area contributed by atoms with Crippen molar-refractivity contribution >= 4 is 33.1 Å². The van der Waals surface area contributed by atoms with E-state index in [0.29, 0.717) is 22.0 Å². The summed E-state index contributed by atoms with van der Waals surface area (Å²) in [5.74, 6) is 0. The molecule has 0 amide bonds. The van der Waals surface area contributed by atoms with Crippen LogP contribution in [0.15, 0.2) is 74.4 Å². The lowest BCUT2D eigenvalue weighted by atomic mass is 10.1. The first kappa shape index (κ1) is 16.2. The van der Waals surface area contributed by atoms with Crippen molar-refractivity contribution in [1.82, 2.24) is 9.97 Å². The van der Waals surface area contributed by atoms with Gasteiger partial charge in [-0.3, -0.25) is 10.4 Å². The Morgan fingerprint density at radius 3 is 2.88 bits per heavy atom. The maximum absolute atomic E-state index is 12.2. The topological polar surface area (TPSA) is 80.4 Å². The van der Waals surface area contributed by atoms with Gasteiger partial charge in [-0.1, -0.05) is 24.3 Å². The van der Waals surface area contributed by atoms with Crippen LogP contribution in [0.3, 0.4) is 0 Å². The summed E-state index contributed by atoms with van der Waals surface area (Å²) in [5.41, 5.74) is 5.58. The Morgan fingerprint density at radius 1 is 1.19 bits per heavy atom. The van der Waals surface area contributed by atoms with Gasteiger partial charge in [0.1, 0.15) is 5.58 Å². The van der Waals surface area contributed by atoms with E-state index in [0.717, 1.165) is 16.8 Å². The fourth-order valence-corrected chi connectivity index (χ4v) is 3.11. The number of hydrogen-bond acceptors (Lipinski definition) is 7. The zero-order chi connectivity index (χ0) is 17.9. The monoisotopic (exact) mass is 362 g/mol. The van der Waals surface area contributed by atoms with Crippen molar-refractivity contribution in [3.63, 3.8) is 0 Å². The van der Waals surface area contributed by atoms with Gasteiger partial charge in [-0.15, -0.1) is 11.3 Å². The van der Waals surface area contributed by atoms with Gasteiger partial charge < -0.3 is 4.42 Å². The minimum atomic E-state index is -0.409. The fraction of sp³-hybridized carbons (Fsp3) is 0.0526. The molecule has 0 atom stereocenters. The Balaban J connectivity index is 1.61. The molecule has 1 aromatic carbocycles. The average molecular weight is 362 g/mol. The molecule has 1 N–H and O–H groups in total. The quantitative estimate of drug-likeness (QED) is 0.335. The number of hydrazone groups is 1. The summed E-state index contributed by atoms with van der Waals surface area (Å²) < 4.78 is 5.37. The van der Waals surface area contributed by atoms with E-state index in [4.69, 9.17) is 4.42 Å². The fourth-order valence-electron chi connectivity index (χ4n) is 2.46. The van der Waals surface area contributed by atoms with Crippen molar-refractivity contribution in [3.05, 3.63) is 76.2 Å². The highest BCUT2D eigenvalue weighted by atomic mass is 32.1. The van der Waals surface area contributed by atoms with Crippen molar-refractivity contribution in [2.45, 2.75) is 6.92 Å². The van der Waals surface area contributed by atoms with E-state index in [1.54, 1.807) is 23.7 Å². The summed E-state index contributed by atoms with van der Waals surface area (Å²) in [7, 11) is 0. The van der Waals surface area contributed by atoms with Crippen molar-refractivity contribution in [3.8, 4) is 11.3 Å². The second kappa shape index (κ2) is 6.89. The van der Waals surface area contributed by atoms with Gasteiger partial charge in [-0.2, -0.15) is 5.10 Å². The Hall–Kier alpha value is -3.32. The predicted octanol–water partition coefficient (Wildman–Crippen LogP) is 4.15. The molecule has 0 aliphatic heterocycles. The Labute approximate surface area is 152 Å². The molecular formula is C19H14N4O2S. The Morgan fingerprint density at radius 2 is 2.04 bits per heavy atom. The lowest BCUT2D eigenvalue weighted by molar-refractivity contribution is 0.563. The zero-order valence-electron chi connectivity index (χ0n) is 13.8.